The predicted octanol–water partition coefficient (Wildman–Crippen LogP) is 1.50. The number of aryl methyl sites for hydroxylation is 2. The summed E-state index contributed by atoms with van der Waals surface area (Å²) in [5, 5.41) is 3.85. The highest BCUT2D eigenvalue weighted by atomic mass is 16.5. The van der Waals surface area contributed by atoms with Gasteiger partial charge in [0.15, 0.2) is 0 Å². The van der Waals surface area contributed by atoms with Crippen molar-refractivity contribution < 1.29 is 4.52 Å². The molecule has 0 aliphatic rings. The average molecular weight is 204 g/mol. The quantitative estimate of drug-likeness (QED) is 0.744. The maximum atomic E-state index is 11.5. The molecule has 0 atom stereocenters. The predicted molar refractivity (Wildman–Crippen MR) is 55.8 cm³/mol. The Hall–Kier alpha value is -1.84. The molecule has 78 valence electrons. The summed E-state index contributed by atoms with van der Waals surface area (Å²) in [6, 6.07) is 5.10. The third kappa shape index (κ3) is 1.83. The van der Waals surface area contributed by atoms with Crippen LogP contribution in [0.15, 0.2) is 33.7 Å². The zero-order chi connectivity index (χ0) is 10.8. The first kappa shape index (κ1) is 9.71. The molecule has 0 amide bonds. The van der Waals surface area contributed by atoms with E-state index in [4.69, 9.17) is 4.52 Å². The lowest BCUT2D eigenvalue weighted by Crippen LogP contribution is -2.18. The Bertz CT molecular complexity index is 506. The number of aromatic nitrogens is 2. The van der Waals surface area contributed by atoms with Gasteiger partial charge < -0.3 is 9.09 Å². The fraction of sp³-hybridized carbons (Fsp3) is 0.273. The Kier molecular flexibility index (Phi) is 2.41. The van der Waals surface area contributed by atoms with E-state index in [9.17, 15) is 4.79 Å². The lowest BCUT2D eigenvalue weighted by Gasteiger charge is -2.03. The maximum absolute atomic E-state index is 11.5. The summed E-state index contributed by atoms with van der Waals surface area (Å²) in [5.74, 6) is 0.767. The number of nitrogens with zero attached hydrogens (tertiary/aromatic N) is 2. The molecular weight excluding hydrogens is 192 g/mol. The van der Waals surface area contributed by atoms with E-state index in [2.05, 4.69) is 5.16 Å². The van der Waals surface area contributed by atoms with Crippen molar-refractivity contribution in [2.45, 2.75) is 20.4 Å². The molecule has 2 heterocycles. The van der Waals surface area contributed by atoms with Gasteiger partial charge in [0.05, 0.1) is 12.2 Å². The van der Waals surface area contributed by atoms with Gasteiger partial charge >= 0.3 is 0 Å². The topological polar surface area (TPSA) is 48.0 Å². The molecule has 0 bridgehead atoms. The van der Waals surface area contributed by atoms with Crippen LogP contribution in [0.4, 0.5) is 0 Å². The summed E-state index contributed by atoms with van der Waals surface area (Å²) in [7, 11) is 0. The van der Waals surface area contributed by atoms with Crippen LogP contribution in [-0.2, 0) is 6.54 Å². The number of pyridine rings is 1. The minimum atomic E-state index is -0.0162. The summed E-state index contributed by atoms with van der Waals surface area (Å²) >= 11 is 0. The van der Waals surface area contributed by atoms with Gasteiger partial charge in [-0.1, -0.05) is 11.2 Å². The van der Waals surface area contributed by atoms with E-state index in [1.807, 2.05) is 19.9 Å². The Morgan fingerprint density at radius 2 is 2.20 bits per heavy atom. The van der Waals surface area contributed by atoms with Crippen LogP contribution in [0.2, 0.25) is 0 Å². The standard InChI is InChI=1S/C11H12N2O2/c1-8-10(9(2)15-12-8)7-13-6-4-3-5-11(13)14/h3-6H,7H2,1-2H3. The molecule has 0 aromatic carbocycles. The van der Waals surface area contributed by atoms with Gasteiger partial charge in [0.2, 0.25) is 0 Å². The third-order valence-electron chi connectivity index (χ3n) is 2.41. The smallest absolute Gasteiger partial charge is 0.250 e. The lowest BCUT2D eigenvalue weighted by molar-refractivity contribution is 0.392. The molecule has 0 saturated heterocycles. The highest BCUT2D eigenvalue weighted by molar-refractivity contribution is 5.21. The van der Waals surface area contributed by atoms with Crippen LogP contribution < -0.4 is 5.56 Å². The van der Waals surface area contributed by atoms with E-state index >= 15 is 0 Å². The van der Waals surface area contributed by atoms with Crippen molar-refractivity contribution in [1.29, 1.82) is 0 Å². The van der Waals surface area contributed by atoms with E-state index in [1.54, 1.807) is 16.8 Å². The Balaban J connectivity index is 2.38. The van der Waals surface area contributed by atoms with Gasteiger partial charge in [-0.15, -0.1) is 0 Å². The first-order valence-corrected chi connectivity index (χ1v) is 4.75. The summed E-state index contributed by atoms with van der Waals surface area (Å²) < 4.78 is 6.67. The number of rotatable bonds is 2. The Morgan fingerprint density at radius 3 is 2.80 bits per heavy atom. The molecule has 4 nitrogen and oxygen atoms in total. The third-order valence-corrected chi connectivity index (χ3v) is 2.41. The van der Waals surface area contributed by atoms with Gasteiger partial charge in [-0.2, -0.15) is 0 Å². The SMILES string of the molecule is Cc1noc(C)c1Cn1ccccc1=O. The van der Waals surface area contributed by atoms with Gasteiger partial charge in [0, 0.05) is 17.8 Å². The van der Waals surface area contributed by atoms with Crippen LogP contribution in [0, 0.1) is 13.8 Å². The van der Waals surface area contributed by atoms with Crippen molar-refractivity contribution in [2.24, 2.45) is 0 Å². The highest BCUT2D eigenvalue weighted by Crippen LogP contribution is 2.12. The second kappa shape index (κ2) is 3.73. The van der Waals surface area contributed by atoms with Crippen LogP contribution >= 0.6 is 0 Å². The molecule has 0 aliphatic heterocycles. The zero-order valence-corrected chi connectivity index (χ0v) is 8.73. The summed E-state index contributed by atoms with van der Waals surface area (Å²) in [6.45, 7) is 4.24. The van der Waals surface area contributed by atoms with E-state index in [0.29, 0.717) is 6.54 Å². The molecule has 2 aromatic heterocycles. The van der Waals surface area contributed by atoms with Crippen LogP contribution in [0.1, 0.15) is 17.0 Å². The Morgan fingerprint density at radius 1 is 1.40 bits per heavy atom. The number of hydrogen-bond donors (Lipinski definition) is 0. The summed E-state index contributed by atoms with van der Waals surface area (Å²) in [5.41, 5.74) is 1.80. The van der Waals surface area contributed by atoms with E-state index < -0.39 is 0 Å². The van der Waals surface area contributed by atoms with Crippen LogP contribution in [0.5, 0.6) is 0 Å². The fourth-order valence-corrected chi connectivity index (χ4v) is 1.49. The molecule has 15 heavy (non-hydrogen) atoms. The highest BCUT2D eigenvalue weighted by Gasteiger charge is 2.09. The monoisotopic (exact) mass is 204 g/mol. The zero-order valence-electron chi connectivity index (χ0n) is 8.73. The minimum absolute atomic E-state index is 0.0162. The van der Waals surface area contributed by atoms with Gasteiger partial charge in [-0.25, -0.2) is 0 Å². The van der Waals surface area contributed by atoms with Crippen LogP contribution in [0.3, 0.4) is 0 Å². The van der Waals surface area contributed by atoms with E-state index in [1.165, 1.54) is 6.07 Å². The molecule has 0 unspecified atom stereocenters. The van der Waals surface area contributed by atoms with E-state index in [0.717, 1.165) is 17.0 Å². The van der Waals surface area contributed by atoms with Crippen molar-refractivity contribution >= 4 is 0 Å². The minimum Gasteiger partial charge on any atom is -0.361 e. The van der Waals surface area contributed by atoms with Gasteiger partial charge in [0.1, 0.15) is 5.76 Å². The molecule has 0 spiro atoms. The summed E-state index contributed by atoms with van der Waals surface area (Å²) in [4.78, 5) is 11.5. The van der Waals surface area contributed by atoms with Gasteiger partial charge in [-0.3, -0.25) is 4.79 Å². The van der Waals surface area contributed by atoms with Crippen molar-refractivity contribution in [3.63, 3.8) is 0 Å². The molecule has 2 rings (SSSR count). The van der Waals surface area contributed by atoms with E-state index in [-0.39, 0.29) is 5.56 Å². The van der Waals surface area contributed by atoms with Gasteiger partial charge in [0.25, 0.3) is 5.56 Å². The fourth-order valence-electron chi connectivity index (χ4n) is 1.49. The van der Waals surface area contributed by atoms with Crippen molar-refractivity contribution in [2.75, 3.05) is 0 Å². The van der Waals surface area contributed by atoms with Gasteiger partial charge in [-0.05, 0) is 19.9 Å². The second-order valence-corrected chi connectivity index (χ2v) is 3.47. The molecule has 0 aliphatic carbocycles. The van der Waals surface area contributed by atoms with Crippen molar-refractivity contribution in [3.8, 4) is 0 Å². The average Bonchev–Trinajstić information content (AvgIpc) is 2.53. The van der Waals surface area contributed by atoms with Crippen molar-refractivity contribution in [3.05, 3.63) is 51.8 Å². The second-order valence-electron chi connectivity index (χ2n) is 3.47. The number of hydrogen-bond acceptors (Lipinski definition) is 3. The Labute approximate surface area is 87.1 Å². The summed E-state index contributed by atoms with van der Waals surface area (Å²) in [6.07, 6.45) is 1.76. The first-order chi connectivity index (χ1) is 7.18. The van der Waals surface area contributed by atoms with Crippen LogP contribution in [-0.4, -0.2) is 9.72 Å². The maximum Gasteiger partial charge on any atom is 0.250 e. The molecular formula is C11H12N2O2. The first-order valence-electron chi connectivity index (χ1n) is 4.75. The molecule has 0 saturated carbocycles. The lowest BCUT2D eigenvalue weighted by atomic mass is 10.2. The molecule has 0 radical (unpaired) electrons. The van der Waals surface area contributed by atoms with Crippen molar-refractivity contribution in [1.82, 2.24) is 9.72 Å². The van der Waals surface area contributed by atoms with Crippen LogP contribution in [0.25, 0.3) is 0 Å². The largest absolute Gasteiger partial charge is 0.361 e. The molecule has 0 N–H and O–H groups in total. The molecule has 2 aromatic rings. The molecule has 4 heteroatoms. The normalized spacial score (nSPS) is 10.5. The molecule has 0 fully saturated rings.